The van der Waals surface area contributed by atoms with Gasteiger partial charge in [-0.3, -0.25) is 0 Å². The van der Waals surface area contributed by atoms with Gasteiger partial charge in [0.25, 0.3) is 0 Å². The maximum Gasteiger partial charge on any atom is 0.314 e. The number of amides is 2. The van der Waals surface area contributed by atoms with E-state index in [9.17, 15) is 4.79 Å². The zero-order chi connectivity index (χ0) is 19.8. The van der Waals surface area contributed by atoms with Crippen LogP contribution in [0.1, 0.15) is 6.42 Å². The molecule has 0 spiro atoms. The SMILES string of the molecule is COc1cccc(N2CCC(CNC(=O)NCCSc3ccc(Cl)cc3)C2)c1. The molecule has 1 saturated heterocycles. The summed E-state index contributed by atoms with van der Waals surface area (Å²) in [5.74, 6) is 2.15. The topological polar surface area (TPSA) is 53.6 Å². The van der Waals surface area contributed by atoms with Crippen molar-refractivity contribution >= 4 is 35.1 Å². The molecule has 0 aliphatic carbocycles. The zero-order valence-electron chi connectivity index (χ0n) is 16.0. The van der Waals surface area contributed by atoms with Crippen LogP contribution >= 0.6 is 23.4 Å². The lowest BCUT2D eigenvalue weighted by Gasteiger charge is -2.19. The number of nitrogens with zero attached hydrogens (tertiary/aromatic N) is 1. The van der Waals surface area contributed by atoms with Crippen LogP contribution in [0, 0.1) is 5.92 Å². The minimum atomic E-state index is -0.100. The molecule has 1 atom stereocenters. The molecule has 2 N–H and O–H groups in total. The molecule has 7 heteroatoms. The van der Waals surface area contributed by atoms with Crippen molar-refractivity contribution in [1.82, 2.24) is 10.6 Å². The Hall–Kier alpha value is -2.05. The van der Waals surface area contributed by atoms with E-state index in [4.69, 9.17) is 16.3 Å². The summed E-state index contributed by atoms with van der Waals surface area (Å²) in [6.07, 6.45) is 1.07. The quantitative estimate of drug-likeness (QED) is 0.495. The number of ether oxygens (including phenoxy) is 1. The highest BCUT2D eigenvalue weighted by molar-refractivity contribution is 7.99. The number of nitrogens with one attached hydrogen (secondary N) is 2. The molecule has 3 rings (SSSR count). The van der Waals surface area contributed by atoms with E-state index < -0.39 is 0 Å². The second-order valence-corrected chi connectivity index (χ2v) is 8.35. The number of anilines is 1. The third-order valence-corrected chi connectivity index (χ3v) is 5.99. The highest BCUT2D eigenvalue weighted by Crippen LogP contribution is 2.26. The summed E-state index contributed by atoms with van der Waals surface area (Å²) in [6.45, 7) is 3.26. The largest absolute Gasteiger partial charge is 0.497 e. The fourth-order valence-corrected chi connectivity index (χ4v) is 4.10. The summed E-state index contributed by atoms with van der Waals surface area (Å²) < 4.78 is 5.30. The van der Waals surface area contributed by atoms with Gasteiger partial charge in [0.1, 0.15) is 5.75 Å². The summed E-state index contributed by atoms with van der Waals surface area (Å²) >= 11 is 7.57. The average Bonchev–Trinajstić information content (AvgIpc) is 3.20. The molecule has 1 aliphatic heterocycles. The van der Waals surface area contributed by atoms with Gasteiger partial charge in [-0.15, -0.1) is 11.8 Å². The van der Waals surface area contributed by atoms with Crippen LogP contribution in [-0.2, 0) is 0 Å². The van der Waals surface area contributed by atoms with Gasteiger partial charge in [-0.1, -0.05) is 17.7 Å². The summed E-state index contributed by atoms with van der Waals surface area (Å²) in [5, 5.41) is 6.65. The Bertz CT molecular complexity index is 773. The number of carbonyl (C=O) groups excluding carboxylic acids is 1. The molecule has 150 valence electrons. The van der Waals surface area contributed by atoms with E-state index in [1.165, 1.54) is 5.69 Å². The number of rotatable bonds is 8. The van der Waals surface area contributed by atoms with Gasteiger partial charge in [-0.25, -0.2) is 4.79 Å². The Morgan fingerprint density at radius 1 is 1.25 bits per heavy atom. The van der Waals surface area contributed by atoms with E-state index in [1.807, 2.05) is 36.4 Å². The van der Waals surface area contributed by atoms with Crippen molar-refractivity contribution in [3.8, 4) is 5.75 Å². The molecule has 2 aromatic carbocycles. The van der Waals surface area contributed by atoms with Crippen LogP contribution in [0.4, 0.5) is 10.5 Å². The molecule has 5 nitrogen and oxygen atoms in total. The van der Waals surface area contributed by atoms with E-state index >= 15 is 0 Å². The monoisotopic (exact) mass is 419 g/mol. The smallest absolute Gasteiger partial charge is 0.314 e. The first kappa shape index (κ1) is 20.7. The first-order valence-corrected chi connectivity index (χ1v) is 10.8. The number of hydrogen-bond acceptors (Lipinski definition) is 4. The standard InChI is InChI=1S/C21H26ClN3O2S/c1-27-19-4-2-3-18(13-19)25-11-9-16(15-25)14-24-21(26)23-10-12-28-20-7-5-17(22)6-8-20/h2-8,13,16H,9-12,14-15H2,1H3,(H2,23,24,26). The van der Waals surface area contributed by atoms with Gasteiger partial charge in [-0.2, -0.15) is 0 Å². The van der Waals surface area contributed by atoms with Crippen LogP contribution in [0.15, 0.2) is 53.4 Å². The van der Waals surface area contributed by atoms with Gasteiger partial charge in [-0.05, 0) is 48.7 Å². The van der Waals surface area contributed by atoms with Gasteiger partial charge >= 0.3 is 6.03 Å². The molecule has 0 radical (unpaired) electrons. The molecule has 1 aliphatic rings. The lowest BCUT2D eigenvalue weighted by Crippen LogP contribution is -2.39. The van der Waals surface area contributed by atoms with Crippen LogP contribution in [0.25, 0.3) is 0 Å². The van der Waals surface area contributed by atoms with Crippen molar-refractivity contribution < 1.29 is 9.53 Å². The van der Waals surface area contributed by atoms with Gasteiger partial charge in [0.05, 0.1) is 7.11 Å². The Kier molecular flexibility index (Phi) is 7.74. The third-order valence-electron chi connectivity index (χ3n) is 4.73. The molecule has 2 amide bonds. The predicted molar refractivity (Wildman–Crippen MR) is 117 cm³/mol. The summed E-state index contributed by atoms with van der Waals surface area (Å²) in [5.41, 5.74) is 1.17. The second kappa shape index (κ2) is 10.5. The summed E-state index contributed by atoms with van der Waals surface area (Å²) in [7, 11) is 1.68. The van der Waals surface area contributed by atoms with Gasteiger partial charge in [0.2, 0.25) is 0 Å². The van der Waals surface area contributed by atoms with Crippen molar-refractivity contribution in [2.45, 2.75) is 11.3 Å². The predicted octanol–water partition coefficient (Wildman–Crippen LogP) is 4.27. The fraction of sp³-hybridized carbons (Fsp3) is 0.381. The first-order chi connectivity index (χ1) is 13.6. The number of benzene rings is 2. The van der Waals surface area contributed by atoms with Crippen molar-refractivity contribution in [2.24, 2.45) is 5.92 Å². The maximum absolute atomic E-state index is 12.0. The van der Waals surface area contributed by atoms with Crippen LogP contribution in [-0.4, -0.2) is 45.1 Å². The fourth-order valence-electron chi connectivity index (χ4n) is 3.20. The van der Waals surface area contributed by atoms with E-state index in [1.54, 1.807) is 18.9 Å². The Labute approximate surface area is 175 Å². The lowest BCUT2D eigenvalue weighted by atomic mass is 10.1. The van der Waals surface area contributed by atoms with Gasteiger partial charge in [0.15, 0.2) is 0 Å². The van der Waals surface area contributed by atoms with E-state index in [0.29, 0.717) is 19.0 Å². The third kappa shape index (κ3) is 6.24. The molecule has 2 aromatic rings. The molecule has 1 fully saturated rings. The van der Waals surface area contributed by atoms with Gasteiger partial charge < -0.3 is 20.3 Å². The highest BCUT2D eigenvalue weighted by atomic mass is 35.5. The number of thioether (sulfide) groups is 1. The van der Waals surface area contributed by atoms with E-state index in [2.05, 4.69) is 27.7 Å². The van der Waals surface area contributed by atoms with E-state index in [-0.39, 0.29) is 6.03 Å². The van der Waals surface area contributed by atoms with Crippen molar-refractivity contribution in [1.29, 1.82) is 0 Å². The Balaban J connectivity index is 1.32. The van der Waals surface area contributed by atoms with Crippen molar-refractivity contribution in [3.05, 3.63) is 53.6 Å². The molecule has 1 unspecified atom stereocenters. The van der Waals surface area contributed by atoms with Crippen LogP contribution < -0.4 is 20.3 Å². The van der Waals surface area contributed by atoms with Crippen molar-refractivity contribution in [2.75, 3.05) is 43.9 Å². The minimum absolute atomic E-state index is 0.100. The molecule has 0 aromatic heterocycles. The number of methoxy groups -OCH3 is 1. The number of hydrogen-bond donors (Lipinski definition) is 2. The number of carbonyl (C=O) groups is 1. The Morgan fingerprint density at radius 2 is 2.07 bits per heavy atom. The molecule has 28 heavy (non-hydrogen) atoms. The normalized spacial score (nSPS) is 16.1. The van der Waals surface area contributed by atoms with Crippen LogP contribution in [0.3, 0.4) is 0 Å². The van der Waals surface area contributed by atoms with Crippen LogP contribution in [0.2, 0.25) is 5.02 Å². The Morgan fingerprint density at radius 3 is 2.86 bits per heavy atom. The summed E-state index contributed by atoms with van der Waals surface area (Å²) in [6, 6.07) is 15.7. The molecular formula is C21H26ClN3O2S. The van der Waals surface area contributed by atoms with Crippen LogP contribution in [0.5, 0.6) is 5.75 Å². The lowest BCUT2D eigenvalue weighted by molar-refractivity contribution is 0.240. The number of urea groups is 1. The zero-order valence-corrected chi connectivity index (χ0v) is 17.6. The molecule has 1 heterocycles. The van der Waals surface area contributed by atoms with Gasteiger partial charge in [0, 0.05) is 53.6 Å². The second-order valence-electron chi connectivity index (χ2n) is 6.74. The molecule has 0 bridgehead atoms. The molecule has 0 saturated carbocycles. The van der Waals surface area contributed by atoms with E-state index in [0.717, 1.165) is 40.9 Å². The highest BCUT2D eigenvalue weighted by Gasteiger charge is 2.23. The minimum Gasteiger partial charge on any atom is -0.497 e. The average molecular weight is 420 g/mol. The molecular weight excluding hydrogens is 394 g/mol. The number of halogens is 1. The first-order valence-electron chi connectivity index (χ1n) is 9.43. The van der Waals surface area contributed by atoms with Crippen molar-refractivity contribution in [3.63, 3.8) is 0 Å². The summed E-state index contributed by atoms with van der Waals surface area (Å²) in [4.78, 5) is 15.5. The maximum atomic E-state index is 12.0.